The summed E-state index contributed by atoms with van der Waals surface area (Å²) in [7, 11) is 0. The molecule has 5 nitrogen and oxygen atoms in total. The number of aromatic amines is 1. The van der Waals surface area contributed by atoms with E-state index < -0.39 is 0 Å². The highest BCUT2D eigenvalue weighted by atomic mass is 79.9. The number of H-pyrrole nitrogens is 1. The van der Waals surface area contributed by atoms with Crippen LogP contribution in [-0.2, 0) is 0 Å². The summed E-state index contributed by atoms with van der Waals surface area (Å²) in [6, 6.07) is 0. The zero-order chi connectivity index (χ0) is 14.8. The van der Waals surface area contributed by atoms with E-state index in [9.17, 15) is 9.59 Å². The van der Waals surface area contributed by atoms with Gasteiger partial charge in [-0.3, -0.25) is 9.59 Å². The first kappa shape index (κ1) is 14.5. The maximum absolute atomic E-state index is 12.4. The molecular weight excluding hydrogens is 354 g/mol. The van der Waals surface area contributed by atoms with Crippen molar-refractivity contribution in [2.45, 2.75) is 31.6 Å². The third-order valence-corrected chi connectivity index (χ3v) is 5.12. The van der Waals surface area contributed by atoms with Crippen molar-refractivity contribution < 1.29 is 4.79 Å². The molecule has 0 aromatic carbocycles. The molecule has 0 radical (unpaired) electrons. The molecule has 0 saturated heterocycles. The number of aromatic nitrogens is 2. The number of carbonyl (C=O) groups excluding carboxylic acids is 1. The number of pyridine rings is 1. The van der Waals surface area contributed by atoms with Crippen molar-refractivity contribution in [1.29, 1.82) is 0 Å². The third kappa shape index (κ3) is 2.94. The van der Waals surface area contributed by atoms with E-state index in [1.54, 1.807) is 5.51 Å². The number of anilines is 1. The summed E-state index contributed by atoms with van der Waals surface area (Å²) in [6.07, 6.45) is 7.57. The molecule has 0 spiro atoms. The van der Waals surface area contributed by atoms with Crippen LogP contribution in [0.5, 0.6) is 0 Å². The van der Waals surface area contributed by atoms with Crippen LogP contribution >= 0.6 is 27.3 Å². The standard InChI is InChI=1S/C14H14BrN3O2S/c15-9-5-16-6-10(12(9)19)18-14(20)13-11(17-7-21-13)8-3-1-2-4-8/h5-8H,1-4H2,(H,16,19)(H,18,20). The Hall–Kier alpha value is -1.47. The number of halogens is 1. The summed E-state index contributed by atoms with van der Waals surface area (Å²) >= 11 is 4.47. The number of amides is 1. The third-order valence-electron chi connectivity index (χ3n) is 3.69. The van der Waals surface area contributed by atoms with Crippen molar-refractivity contribution in [3.05, 3.63) is 43.2 Å². The lowest BCUT2D eigenvalue weighted by Gasteiger charge is -2.09. The molecule has 0 bridgehead atoms. The number of nitrogens with zero attached hydrogens (tertiary/aromatic N) is 1. The average molecular weight is 368 g/mol. The van der Waals surface area contributed by atoms with E-state index in [2.05, 4.69) is 31.2 Å². The smallest absolute Gasteiger partial charge is 0.267 e. The zero-order valence-electron chi connectivity index (χ0n) is 11.2. The Morgan fingerprint density at radius 1 is 1.38 bits per heavy atom. The molecule has 2 aromatic rings. The zero-order valence-corrected chi connectivity index (χ0v) is 13.6. The van der Waals surface area contributed by atoms with E-state index in [-0.39, 0.29) is 17.0 Å². The van der Waals surface area contributed by atoms with Crippen LogP contribution < -0.4 is 10.7 Å². The molecule has 3 rings (SSSR count). The van der Waals surface area contributed by atoms with Gasteiger partial charge >= 0.3 is 0 Å². The number of rotatable bonds is 3. The molecule has 1 amide bonds. The normalized spacial score (nSPS) is 15.3. The number of nitrogens with one attached hydrogen (secondary N) is 2. The molecule has 2 aromatic heterocycles. The van der Waals surface area contributed by atoms with Crippen molar-refractivity contribution in [3.8, 4) is 0 Å². The topological polar surface area (TPSA) is 74.8 Å². The number of carbonyl (C=O) groups is 1. The van der Waals surface area contributed by atoms with Crippen LogP contribution in [0, 0.1) is 0 Å². The van der Waals surface area contributed by atoms with Crippen molar-refractivity contribution in [3.63, 3.8) is 0 Å². The summed E-state index contributed by atoms with van der Waals surface area (Å²) < 4.78 is 0.389. The lowest BCUT2D eigenvalue weighted by Crippen LogP contribution is -2.19. The van der Waals surface area contributed by atoms with E-state index >= 15 is 0 Å². The molecule has 2 heterocycles. The van der Waals surface area contributed by atoms with Gasteiger partial charge in [-0.25, -0.2) is 4.98 Å². The first-order valence-corrected chi connectivity index (χ1v) is 8.45. The van der Waals surface area contributed by atoms with Crippen molar-refractivity contribution >= 4 is 38.9 Å². The summed E-state index contributed by atoms with van der Waals surface area (Å²) in [5, 5.41) is 2.68. The number of hydrogen-bond acceptors (Lipinski definition) is 4. The van der Waals surface area contributed by atoms with Crippen LogP contribution in [-0.4, -0.2) is 15.9 Å². The highest BCUT2D eigenvalue weighted by molar-refractivity contribution is 9.10. The first-order valence-electron chi connectivity index (χ1n) is 6.78. The minimum Gasteiger partial charge on any atom is -0.365 e. The Morgan fingerprint density at radius 3 is 2.90 bits per heavy atom. The number of thiazole rings is 1. The SMILES string of the molecule is O=C(Nc1c[nH]cc(Br)c1=O)c1scnc1C1CCCC1. The van der Waals surface area contributed by atoms with Gasteiger partial charge < -0.3 is 10.3 Å². The number of hydrogen-bond donors (Lipinski definition) is 2. The average Bonchev–Trinajstić information content (AvgIpc) is 3.13. The van der Waals surface area contributed by atoms with E-state index in [0.29, 0.717) is 15.3 Å². The fourth-order valence-electron chi connectivity index (χ4n) is 2.64. The van der Waals surface area contributed by atoms with Gasteiger partial charge in [0, 0.05) is 18.3 Å². The minimum absolute atomic E-state index is 0.236. The molecule has 1 fully saturated rings. The van der Waals surface area contributed by atoms with Crippen LogP contribution in [0.4, 0.5) is 5.69 Å². The molecule has 1 aliphatic rings. The fraction of sp³-hybridized carbons (Fsp3) is 0.357. The molecule has 2 N–H and O–H groups in total. The minimum atomic E-state index is -0.261. The van der Waals surface area contributed by atoms with Gasteiger partial charge in [0.1, 0.15) is 10.6 Å². The molecule has 1 saturated carbocycles. The van der Waals surface area contributed by atoms with Gasteiger partial charge in [0.05, 0.1) is 15.7 Å². The molecule has 1 aliphatic carbocycles. The van der Waals surface area contributed by atoms with Gasteiger partial charge in [0.25, 0.3) is 5.91 Å². The van der Waals surface area contributed by atoms with E-state index in [1.165, 1.54) is 36.6 Å². The highest BCUT2D eigenvalue weighted by Crippen LogP contribution is 2.36. The van der Waals surface area contributed by atoms with Gasteiger partial charge in [-0.2, -0.15) is 0 Å². The Balaban J connectivity index is 1.84. The predicted octanol–water partition coefficient (Wildman–Crippen LogP) is 3.50. The van der Waals surface area contributed by atoms with Crippen LogP contribution in [0.2, 0.25) is 0 Å². The maximum Gasteiger partial charge on any atom is 0.267 e. The molecule has 0 atom stereocenters. The Morgan fingerprint density at radius 2 is 2.14 bits per heavy atom. The molecule has 110 valence electrons. The van der Waals surface area contributed by atoms with E-state index in [1.807, 2.05) is 0 Å². The van der Waals surface area contributed by atoms with Gasteiger partial charge in [0.15, 0.2) is 0 Å². The largest absolute Gasteiger partial charge is 0.365 e. The second-order valence-electron chi connectivity index (χ2n) is 5.05. The van der Waals surface area contributed by atoms with Crippen molar-refractivity contribution in [2.24, 2.45) is 0 Å². The summed E-state index contributed by atoms with van der Waals surface area (Å²) in [4.78, 5) is 32.1. The Labute approximate surface area is 133 Å². The summed E-state index contributed by atoms with van der Waals surface area (Å²) in [5.41, 5.74) is 2.57. The summed E-state index contributed by atoms with van der Waals surface area (Å²) in [6.45, 7) is 0. The molecule has 0 unspecified atom stereocenters. The van der Waals surface area contributed by atoms with Crippen LogP contribution in [0.1, 0.15) is 47.0 Å². The van der Waals surface area contributed by atoms with Crippen molar-refractivity contribution in [1.82, 2.24) is 9.97 Å². The van der Waals surface area contributed by atoms with E-state index in [0.717, 1.165) is 18.5 Å². The second kappa shape index (κ2) is 6.11. The second-order valence-corrected chi connectivity index (χ2v) is 6.76. The van der Waals surface area contributed by atoms with Gasteiger partial charge in [-0.15, -0.1) is 11.3 Å². The molecule has 21 heavy (non-hydrogen) atoms. The molecule has 0 aliphatic heterocycles. The van der Waals surface area contributed by atoms with Crippen LogP contribution in [0.15, 0.2) is 27.2 Å². The fourth-order valence-corrected chi connectivity index (χ4v) is 3.76. The molecular formula is C14H14BrN3O2S. The van der Waals surface area contributed by atoms with Crippen molar-refractivity contribution in [2.75, 3.05) is 5.32 Å². The first-order chi connectivity index (χ1) is 10.2. The summed E-state index contributed by atoms with van der Waals surface area (Å²) in [5.74, 6) is 0.112. The lowest BCUT2D eigenvalue weighted by atomic mass is 10.0. The Kier molecular flexibility index (Phi) is 4.21. The monoisotopic (exact) mass is 367 g/mol. The van der Waals surface area contributed by atoms with Gasteiger partial charge in [-0.05, 0) is 28.8 Å². The van der Waals surface area contributed by atoms with Gasteiger partial charge in [0.2, 0.25) is 5.43 Å². The maximum atomic E-state index is 12.4. The van der Waals surface area contributed by atoms with Gasteiger partial charge in [-0.1, -0.05) is 12.8 Å². The highest BCUT2D eigenvalue weighted by Gasteiger charge is 2.25. The van der Waals surface area contributed by atoms with Crippen LogP contribution in [0.25, 0.3) is 0 Å². The predicted molar refractivity (Wildman–Crippen MR) is 86.0 cm³/mol. The van der Waals surface area contributed by atoms with Crippen LogP contribution in [0.3, 0.4) is 0 Å². The lowest BCUT2D eigenvalue weighted by molar-refractivity contribution is 0.102. The quantitative estimate of drug-likeness (QED) is 0.871. The molecule has 7 heteroatoms. The Bertz CT molecular complexity index is 719. The van der Waals surface area contributed by atoms with E-state index in [4.69, 9.17) is 0 Å².